The highest BCUT2D eigenvalue weighted by Crippen LogP contribution is 2.15. The van der Waals surface area contributed by atoms with Crippen molar-refractivity contribution < 1.29 is 0 Å². The molecule has 0 saturated heterocycles. The second-order valence-corrected chi connectivity index (χ2v) is 5.80. The first kappa shape index (κ1) is 13.4. The molecule has 2 rings (SSSR count). The summed E-state index contributed by atoms with van der Waals surface area (Å²) in [4.78, 5) is 8.50. The van der Waals surface area contributed by atoms with Crippen LogP contribution in [0.4, 0.5) is 5.69 Å². The van der Waals surface area contributed by atoms with Crippen molar-refractivity contribution in [2.75, 3.05) is 17.6 Å². The van der Waals surface area contributed by atoms with Gasteiger partial charge in [0.2, 0.25) is 0 Å². The number of rotatable bonds is 5. The van der Waals surface area contributed by atoms with E-state index in [4.69, 9.17) is 0 Å². The number of nitrogens with zero attached hydrogens (tertiary/aromatic N) is 2. The first-order valence-corrected chi connectivity index (χ1v) is 7.43. The van der Waals surface area contributed by atoms with E-state index in [1.165, 1.54) is 0 Å². The first-order chi connectivity index (χ1) is 8.74. The Morgan fingerprint density at radius 3 is 2.50 bits per heavy atom. The maximum absolute atomic E-state index is 4.25. The largest absolute Gasteiger partial charge is 0.384 e. The fourth-order valence-corrected chi connectivity index (χ4v) is 2.27. The molecule has 0 amide bonds. The predicted molar refractivity (Wildman–Crippen MR) is 80.1 cm³/mol. The molecule has 2 aromatic rings. The van der Waals surface area contributed by atoms with Crippen molar-refractivity contribution >= 4 is 33.4 Å². The summed E-state index contributed by atoms with van der Waals surface area (Å²) >= 11 is 5.07. The maximum atomic E-state index is 4.25. The van der Waals surface area contributed by atoms with Gasteiger partial charge in [-0.2, -0.15) is 0 Å². The molecule has 0 aliphatic rings. The lowest BCUT2D eigenvalue weighted by molar-refractivity contribution is 0.949. The minimum Gasteiger partial charge on any atom is -0.384 e. The number of anilines is 1. The minimum atomic E-state index is 0.832. The smallest absolute Gasteiger partial charge is 0.187 e. The molecule has 0 spiro atoms. The average molecular weight is 324 g/mol. The van der Waals surface area contributed by atoms with Crippen LogP contribution in [0.3, 0.4) is 0 Å². The third-order valence-electron chi connectivity index (χ3n) is 2.26. The van der Waals surface area contributed by atoms with E-state index in [2.05, 4.69) is 43.3 Å². The van der Waals surface area contributed by atoms with Gasteiger partial charge < -0.3 is 5.32 Å². The molecule has 1 heterocycles. The van der Waals surface area contributed by atoms with Crippen LogP contribution in [0, 0.1) is 6.92 Å². The summed E-state index contributed by atoms with van der Waals surface area (Å²) in [5.41, 5.74) is 2.22. The van der Waals surface area contributed by atoms with Crippen LogP contribution in [0.2, 0.25) is 0 Å². The SMILES string of the molecule is Cc1cnc(SCCNc2ccc(Br)cc2)nc1. The zero-order valence-corrected chi connectivity index (χ0v) is 12.5. The molecule has 0 bridgehead atoms. The number of benzene rings is 1. The third kappa shape index (κ3) is 4.31. The molecule has 0 atom stereocenters. The van der Waals surface area contributed by atoms with Gasteiger partial charge in [0, 0.05) is 34.9 Å². The first-order valence-electron chi connectivity index (χ1n) is 5.65. The van der Waals surface area contributed by atoms with Gasteiger partial charge in [0.05, 0.1) is 0 Å². The molecule has 0 radical (unpaired) electrons. The van der Waals surface area contributed by atoms with E-state index in [0.29, 0.717) is 0 Å². The summed E-state index contributed by atoms with van der Waals surface area (Å²) in [6.45, 7) is 2.88. The Morgan fingerprint density at radius 1 is 1.17 bits per heavy atom. The number of nitrogens with one attached hydrogen (secondary N) is 1. The zero-order valence-electron chi connectivity index (χ0n) is 10.1. The van der Waals surface area contributed by atoms with E-state index in [1.54, 1.807) is 11.8 Å². The molecule has 0 aliphatic heterocycles. The minimum absolute atomic E-state index is 0.832. The van der Waals surface area contributed by atoms with Gasteiger partial charge in [-0.05, 0) is 36.8 Å². The molecule has 94 valence electrons. The van der Waals surface area contributed by atoms with E-state index in [0.717, 1.165) is 33.2 Å². The Hall–Kier alpha value is -1.07. The van der Waals surface area contributed by atoms with Crippen molar-refractivity contribution in [1.82, 2.24) is 9.97 Å². The van der Waals surface area contributed by atoms with Crippen molar-refractivity contribution in [3.05, 3.63) is 46.7 Å². The number of aromatic nitrogens is 2. The molecule has 0 aliphatic carbocycles. The monoisotopic (exact) mass is 323 g/mol. The van der Waals surface area contributed by atoms with Crippen molar-refractivity contribution in [3.8, 4) is 0 Å². The standard InChI is InChI=1S/C13H14BrN3S/c1-10-8-16-13(17-9-10)18-7-6-15-12-4-2-11(14)3-5-12/h2-5,8-9,15H,6-7H2,1H3. The summed E-state index contributed by atoms with van der Waals surface area (Å²) < 4.78 is 1.09. The van der Waals surface area contributed by atoms with Crippen molar-refractivity contribution in [3.63, 3.8) is 0 Å². The molecule has 18 heavy (non-hydrogen) atoms. The van der Waals surface area contributed by atoms with Crippen LogP contribution in [-0.2, 0) is 0 Å². The van der Waals surface area contributed by atoms with Gasteiger partial charge in [-0.15, -0.1) is 0 Å². The van der Waals surface area contributed by atoms with Crippen molar-refractivity contribution in [1.29, 1.82) is 0 Å². The highest BCUT2D eigenvalue weighted by molar-refractivity contribution is 9.10. The lowest BCUT2D eigenvalue weighted by Crippen LogP contribution is -2.04. The topological polar surface area (TPSA) is 37.8 Å². The molecule has 1 aromatic carbocycles. The second kappa shape index (κ2) is 6.75. The highest BCUT2D eigenvalue weighted by Gasteiger charge is 1.97. The Balaban J connectivity index is 1.73. The van der Waals surface area contributed by atoms with Crippen LogP contribution in [-0.4, -0.2) is 22.3 Å². The van der Waals surface area contributed by atoms with Gasteiger partial charge in [0.1, 0.15) is 0 Å². The Labute approximate surface area is 120 Å². The number of aryl methyl sites for hydroxylation is 1. The molecule has 0 fully saturated rings. The molecule has 5 heteroatoms. The summed E-state index contributed by atoms with van der Waals surface area (Å²) in [6.07, 6.45) is 3.69. The fraction of sp³-hybridized carbons (Fsp3) is 0.231. The van der Waals surface area contributed by atoms with Crippen molar-refractivity contribution in [2.24, 2.45) is 0 Å². The summed E-state index contributed by atoms with van der Waals surface area (Å²) in [7, 11) is 0. The van der Waals surface area contributed by atoms with E-state index in [1.807, 2.05) is 31.5 Å². The van der Waals surface area contributed by atoms with Gasteiger partial charge in [0.25, 0.3) is 0 Å². The summed E-state index contributed by atoms with van der Waals surface area (Å²) in [6, 6.07) is 8.16. The predicted octanol–water partition coefficient (Wildman–Crippen LogP) is 3.75. The quantitative estimate of drug-likeness (QED) is 0.516. The average Bonchev–Trinajstić information content (AvgIpc) is 2.39. The van der Waals surface area contributed by atoms with E-state index >= 15 is 0 Å². The lowest BCUT2D eigenvalue weighted by Gasteiger charge is -2.05. The van der Waals surface area contributed by atoms with E-state index < -0.39 is 0 Å². The van der Waals surface area contributed by atoms with Crippen LogP contribution < -0.4 is 5.32 Å². The van der Waals surface area contributed by atoms with Crippen LogP contribution in [0.5, 0.6) is 0 Å². The summed E-state index contributed by atoms with van der Waals surface area (Å²) in [5, 5.41) is 4.19. The third-order valence-corrected chi connectivity index (χ3v) is 3.67. The lowest BCUT2D eigenvalue weighted by atomic mass is 10.3. The molecular weight excluding hydrogens is 310 g/mol. The second-order valence-electron chi connectivity index (χ2n) is 3.83. The molecular formula is C13H14BrN3S. The van der Waals surface area contributed by atoms with Gasteiger partial charge >= 0.3 is 0 Å². The Morgan fingerprint density at radius 2 is 1.83 bits per heavy atom. The molecule has 1 N–H and O–H groups in total. The van der Waals surface area contributed by atoms with Gasteiger partial charge in [-0.1, -0.05) is 27.7 Å². The number of thioether (sulfide) groups is 1. The molecule has 3 nitrogen and oxygen atoms in total. The molecule has 0 saturated carbocycles. The van der Waals surface area contributed by atoms with Crippen LogP contribution >= 0.6 is 27.7 Å². The normalized spacial score (nSPS) is 10.3. The maximum Gasteiger partial charge on any atom is 0.187 e. The Bertz CT molecular complexity index is 437. The Kier molecular flexibility index (Phi) is 5.01. The summed E-state index contributed by atoms with van der Waals surface area (Å²) in [5.74, 6) is 0.944. The van der Waals surface area contributed by atoms with Crippen LogP contribution in [0.15, 0.2) is 46.3 Å². The van der Waals surface area contributed by atoms with Gasteiger partial charge in [-0.25, -0.2) is 9.97 Å². The number of hydrogen-bond donors (Lipinski definition) is 1. The molecule has 1 aromatic heterocycles. The zero-order chi connectivity index (χ0) is 12.8. The fourth-order valence-electron chi connectivity index (χ4n) is 1.36. The van der Waals surface area contributed by atoms with E-state index in [9.17, 15) is 0 Å². The highest BCUT2D eigenvalue weighted by atomic mass is 79.9. The van der Waals surface area contributed by atoms with Crippen LogP contribution in [0.25, 0.3) is 0 Å². The van der Waals surface area contributed by atoms with Crippen LogP contribution in [0.1, 0.15) is 5.56 Å². The van der Waals surface area contributed by atoms with Crippen molar-refractivity contribution in [2.45, 2.75) is 12.1 Å². The van der Waals surface area contributed by atoms with Gasteiger partial charge in [0.15, 0.2) is 5.16 Å². The molecule has 0 unspecified atom stereocenters. The number of hydrogen-bond acceptors (Lipinski definition) is 4. The number of halogens is 1. The van der Waals surface area contributed by atoms with Gasteiger partial charge in [-0.3, -0.25) is 0 Å². The van der Waals surface area contributed by atoms with E-state index in [-0.39, 0.29) is 0 Å².